The van der Waals surface area contributed by atoms with Crippen LogP contribution >= 0.6 is 0 Å². The van der Waals surface area contributed by atoms with Crippen LogP contribution in [0.4, 0.5) is 24.5 Å². The molecule has 6 N–H and O–H groups in total. The maximum absolute atomic E-state index is 12.9. The van der Waals surface area contributed by atoms with E-state index in [9.17, 15) is 22.8 Å². The zero-order valence-electron chi connectivity index (χ0n) is 10.3. The predicted octanol–water partition coefficient (Wildman–Crippen LogP) is 0.0646. The van der Waals surface area contributed by atoms with Crippen LogP contribution in [0.15, 0.2) is 18.2 Å². The Morgan fingerprint density at radius 1 is 1.10 bits per heavy atom. The third kappa shape index (κ3) is 4.04. The lowest BCUT2D eigenvalue weighted by Gasteiger charge is -2.25. The molecule has 0 saturated heterocycles. The molecule has 0 saturated carbocycles. The van der Waals surface area contributed by atoms with Gasteiger partial charge >= 0.3 is 6.18 Å². The van der Waals surface area contributed by atoms with Gasteiger partial charge in [-0.15, -0.1) is 0 Å². The number of alkyl halides is 3. The number of rotatable bonds is 5. The number of nitrogens with two attached hydrogens (primary N) is 3. The van der Waals surface area contributed by atoms with E-state index < -0.39 is 36.6 Å². The minimum Gasteiger partial charge on any atom is -0.399 e. The van der Waals surface area contributed by atoms with Gasteiger partial charge in [-0.3, -0.25) is 9.59 Å². The number of carbonyl (C=O) groups is 2. The second-order valence-electron chi connectivity index (χ2n) is 4.06. The molecule has 0 heterocycles. The number of nitrogens with zero attached hydrogens (tertiary/aromatic N) is 1. The summed E-state index contributed by atoms with van der Waals surface area (Å²) in [4.78, 5) is 22.7. The number of benzene rings is 1. The van der Waals surface area contributed by atoms with Crippen molar-refractivity contribution in [1.82, 2.24) is 0 Å². The Hall–Kier alpha value is -2.45. The fourth-order valence-corrected chi connectivity index (χ4v) is 1.66. The zero-order valence-corrected chi connectivity index (χ0v) is 10.3. The lowest BCUT2D eigenvalue weighted by Crippen LogP contribution is -2.40. The minimum atomic E-state index is -4.70. The molecule has 0 aromatic heterocycles. The molecule has 1 rings (SSSR count). The Kier molecular flexibility index (Phi) is 4.43. The second-order valence-corrected chi connectivity index (χ2v) is 4.06. The molecule has 2 amide bonds. The van der Waals surface area contributed by atoms with Gasteiger partial charge in [-0.25, -0.2) is 0 Å². The van der Waals surface area contributed by atoms with Gasteiger partial charge in [0.15, 0.2) is 0 Å². The molecule has 0 spiro atoms. The molecule has 20 heavy (non-hydrogen) atoms. The van der Waals surface area contributed by atoms with Crippen molar-refractivity contribution in [2.45, 2.75) is 6.18 Å². The average Bonchev–Trinajstić information content (AvgIpc) is 2.25. The van der Waals surface area contributed by atoms with E-state index in [1.807, 2.05) is 0 Å². The molecule has 0 atom stereocenters. The number of anilines is 2. The molecule has 1 aromatic carbocycles. The Bertz CT molecular complexity index is 515. The summed E-state index contributed by atoms with van der Waals surface area (Å²) in [6.07, 6.45) is -4.70. The van der Waals surface area contributed by atoms with Gasteiger partial charge in [-0.05, 0) is 18.2 Å². The van der Waals surface area contributed by atoms with E-state index in [0.29, 0.717) is 6.07 Å². The molecule has 9 heteroatoms. The number of primary amides is 2. The van der Waals surface area contributed by atoms with Crippen molar-refractivity contribution < 1.29 is 22.8 Å². The summed E-state index contributed by atoms with van der Waals surface area (Å²) >= 11 is 0. The quantitative estimate of drug-likeness (QED) is 0.665. The lowest BCUT2D eigenvalue weighted by molar-refractivity contribution is -0.137. The highest BCUT2D eigenvalue weighted by atomic mass is 19.4. The van der Waals surface area contributed by atoms with Gasteiger partial charge < -0.3 is 22.1 Å². The van der Waals surface area contributed by atoms with Crippen LogP contribution in [0.2, 0.25) is 0 Å². The normalized spacial score (nSPS) is 11.2. The molecule has 0 radical (unpaired) electrons. The largest absolute Gasteiger partial charge is 0.418 e. The summed E-state index contributed by atoms with van der Waals surface area (Å²) in [6.45, 7) is -1.15. The molecule has 0 unspecified atom stereocenters. The van der Waals surface area contributed by atoms with Crippen LogP contribution < -0.4 is 22.1 Å². The molecule has 1 aromatic rings. The number of hydrogen-bond acceptors (Lipinski definition) is 4. The summed E-state index contributed by atoms with van der Waals surface area (Å²) in [6, 6.07) is 2.99. The first kappa shape index (κ1) is 15.6. The van der Waals surface area contributed by atoms with Crippen LogP contribution in [0.25, 0.3) is 0 Å². The van der Waals surface area contributed by atoms with Crippen molar-refractivity contribution in [3.8, 4) is 0 Å². The van der Waals surface area contributed by atoms with E-state index in [2.05, 4.69) is 0 Å². The topological polar surface area (TPSA) is 115 Å². The first-order chi connectivity index (χ1) is 9.11. The lowest BCUT2D eigenvalue weighted by atomic mass is 10.1. The van der Waals surface area contributed by atoms with Crippen LogP contribution in [0, 0.1) is 0 Å². The maximum atomic E-state index is 12.9. The minimum absolute atomic E-state index is 0.0980. The van der Waals surface area contributed by atoms with Crippen molar-refractivity contribution in [2.75, 3.05) is 23.7 Å². The van der Waals surface area contributed by atoms with Crippen LogP contribution in [-0.4, -0.2) is 24.9 Å². The SMILES string of the molecule is NC(=O)CN(CC(N)=O)c1ccc(N)cc1C(F)(F)F. The average molecular weight is 290 g/mol. The van der Waals surface area contributed by atoms with E-state index in [4.69, 9.17) is 17.2 Å². The first-order valence-corrected chi connectivity index (χ1v) is 5.39. The highest BCUT2D eigenvalue weighted by molar-refractivity contribution is 5.85. The number of hydrogen-bond donors (Lipinski definition) is 3. The van der Waals surface area contributed by atoms with Gasteiger partial charge in [0, 0.05) is 5.69 Å². The van der Waals surface area contributed by atoms with Gasteiger partial charge in [0.1, 0.15) is 0 Å². The van der Waals surface area contributed by atoms with Crippen molar-refractivity contribution in [1.29, 1.82) is 0 Å². The molecule has 0 aliphatic rings. The van der Waals surface area contributed by atoms with Gasteiger partial charge in [-0.2, -0.15) is 13.2 Å². The van der Waals surface area contributed by atoms with E-state index >= 15 is 0 Å². The Morgan fingerprint density at radius 2 is 1.60 bits per heavy atom. The molecule has 0 aliphatic carbocycles. The standard InChI is InChI=1S/C11H13F3N4O2/c12-11(13,14)7-3-6(15)1-2-8(7)18(4-9(16)19)5-10(17)20/h1-3H,4-5,15H2,(H2,16,19)(H2,17,20). The summed E-state index contributed by atoms with van der Waals surface area (Å²) in [5.41, 5.74) is 13.7. The maximum Gasteiger partial charge on any atom is 0.418 e. The van der Waals surface area contributed by atoms with Crippen molar-refractivity contribution >= 4 is 23.2 Å². The highest BCUT2D eigenvalue weighted by Crippen LogP contribution is 2.37. The third-order valence-corrected chi connectivity index (χ3v) is 2.36. The predicted molar refractivity (Wildman–Crippen MR) is 66.5 cm³/mol. The van der Waals surface area contributed by atoms with Gasteiger partial charge in [-0.1, -0.05) is 0 Å². The van der Waals surface area contributed by atoms with Crippen LogP contribution in [0.1, 0.15) is 5.56 Å². The van der Waals surface area contributed by atoms with Crippen LogP contribution in [-0.2, 0) is 15.8 Å². The first-order valence-electron chi connectivity index (χ1n) is 5.39. The van der Waals surface area contributed by atoms with Crippen molar-refractivity contribution in [3.63, 3.8) is 0 Å². The Balaban J connectivity index is 3.31. The summed E-state index contributed by atoms with van der Waals surface area (Å²) in [5, 5.41) is 0. The van der Waals surface area contributed by atoms with E-state index in [1.54, 1.807) is 0 Å². The van der Waals surface area contributed by atoms with Crippen LogP contribution in [0.3, 0.4) is 0 Å². The molecule has 110 valence electrons. The molecule has 6 nitrogen and oxygen atoms in total. The third-order valence-electron chi connectivity index (χ3n) is 2.36. The van der Waals surface area contributed by atoms with Gasteiger partial charge in [0.25, 0.3) is 0 Å². The molecule has 0 aliphatic heterocycles. The molecular formula is C11H13F3N4O2. The number of carbonyl (C=O) groups excluding carboxylic acids is 2. The Labute approximate surface area is 112 Å². The summed E-state index contributed by atoms with van der Waals surface area (Å²) in [5.74, 6) is -1.78. The second kappa shape index (κ2) is 5.68. The van der Waals surface area contributed by atoms with Gasteiger partial charge in [0.2, 0.25) is 11.8 Å². The van der Waals surface area contributed by atoms with Crippen molar-refractivity contribution in [3.05, 3.63) is 23.8 Å². The smallest absolute Gasteiger partial charge is 0.399 e. The number of halogens is 3. The number of nitrogen functional groups attached to an aromatic ring is 1. The fraction of sp³-hybridized carbons (Fsp3) is 0.273. The highest BCUT2D eigenvalue weighted by Gasteiger charge is 2.35. The van der Waals surface area contributed by atoms with E-state index in [0.717, 1.165) is 11.0 Å². The van der Waals surface area contributed by atoms with Crippen LogP contribution in [0.5, 0.6) is 0 Å². The molecule has 0 fully saturated rings. The number of amides is 2. The molecule has 0 bridgehead atoms. The fourth-order valence-electron chi connectivity index (χ4n) is 1.66. The zero-order chi connectivity index (χ0) is 15.5. The van der Waals surface area contributed by atoms with E-state index in [1.165, 1.54) is 6.07 Å². The summed E-state index contributed by atoms with van der Waals surface area (Å²) < 4.78 is 38.8. The van der Waals surface area contributed by atoms with E-state index in [-0.39, 0.29) is 11.4 Å². The Morgan fingerprint density at radius 3 is 2.00 bits per heavy atom. The van der Waals surface area contributed by atoms with Gasteiger partial charge in [0.05, 0.1) is 24.3 Å². The summed E-state index contributed by atoms with van der Waals surface area (Å²) in [7, 11) is 0. The molecular weight excluding hydrogens is 277 g/mol. The monoisotopic (exact) mass is 290 g/mol. The van der Waals surface area contributed by atoms with Crippen molar-refractivity contribution in [2.24, 2.45) is 11.5 Å².